The van der Waals surface area contributed by atoms with Crippen LogP contribution in [0.25, 0.3) is 0 Å². The molecule has 2 N–H and O–H groups in total. The molecule has 18 heavy (non-hydrogen) atoms. The summed E-state index contributed by atoms with van der Waals surface area (Å²) in [6.45, 7) is 0. The molecular weight excluding hydrogens is 230 g/mol. The zero-order valence-electron chi connectivity index (χ0n) is 9.93. The molecule has 1 aliphatic rings. The second-order valence-electron chi connectivity index (χ2n) is 4.34. The van der Waals surface area contributed by atoms with Crippen LogP contribution in [0.2, 0.25) is 0 Å². The van der Waals surface area contributed by atoms with Gasteiger partial charge in [-0.05, 0) is 43.5 Å². The number of amides is 1. The summed E-state index contributed by atoms with van der Waals surface area (Å²) in [5.41, 5.74) is 0.682. The number of rotatable bonds is 3. The number of nitrogens with one attached hydrogen (secondary N) is 1. The van der Waals surface area contributed by atoms with E-state index in [9.17, 15) is 9.59 Å². The van der Waals surface area contributed by atoms with E-state index in [2.05, 4.69) is 17.5 Å². The first kappa shape index (κ1) is 12.4. The van der Waals surface area contributed by atoms with Crippen molar-refractivity contribution in [2.75, 3.05) is 0 Å². The molecular formula is C14H15NO3. The largest absolute Gasteiger partial charge is 0.478 e. The van der Waals surface area contributed by atoms with Gasteiger partial charge in [0.05, 0.1) is 5.56 Å². The van der Waals surface area contributed by atoms with Crippen LogP contribution in [0.15, 0.2) is 36.4 Å². The van der Waals surface area contributed by atoms with Crippen LogP contribution in [0.5, 0.6) is 0 Å². The van der Waals surface area contributed by atoms with Crippen LogP contribution in [0.1, 0.15) is 40.0 Å². The van der Waals surface area contributed by atoms with Gasteiger partial charge in [-0.2, -0.15) is 0 Å². The predicted molar refractivity (Wildman–Crippen MR) is 67.6 cm³/mol. The van der Waals surface area contributed by atoms with E-state index in [0.29, 0.717) is 5.56 Å². The Kier molecular flexibility index (Phi) is 3.77. The van der Waals surface area contributed by atoms with Crippen molar-refractivity contribution >= 4 is 11.9 Å². The highest BCUT2D eigenvalue weighted by molar-refractivity contribution is 5.96. The van der Waals surface area contributed by atoms with E-state index in [0.717, 1.165) is 19.3 Å². The zero-order valence-corrected chi connectivity index (χ0v) is 9.93. The molecule has 1 amide bonds. The normalized spacial score (nSPS) is 18.3. The van der Waals surface area contributed by atoms with Crippen molar-refractivity contribution in [1.29, 1.82) is 0 Å². The van der Waals surface area contributed by atoms with Gasteiger partial charge in [0.15, 0.2) is 0 Å². The fraction of sp³-hybridized carbons (Fsp3) is 0.286. The molecule has 0 fully saturated rings. The second-order valence-corrected chi connectivity index (χ2v) is 4.34. The quantitative estimate of drug-likeness (QED) is 0.802. The maximum absolute atomic E-state index is 11.9. The zero-order chi connectivity index (χ0) is 13.0. The van der Waals surface area contributed by atoms with Crippen molar-refractivity contribution in [1.82, 2.24) is 5.32 Å². The molecule has 94 valence electrons. The molecule has 1 aliphatic carbocycles. The molecule has 0 aromatic heterocycles. The van der Waals surface area contributed by atoms with Crippen LogP contribution in [-0.4, -0.2) is 23.0 Å². The van der Waals surface area contributed by atoms with Crippen molar-refractivity contribution in [2.45, 2.75) is 25.3 Å². The lowest BCUT2D eigenvalue weighted by Crippen LogP contribution is -2.35. The summed E-state index contributed by atoms with van der Waals surface area (Å²) in [6.07, 6.45) is 6.99. The molecule has 0 bridgehead atoms. The molecule has 1 atom stereocenters. The molecule has 0 aliphatic heterocycles. The summed E-state index contributed by atoms with van der Waals surface area (Å²) in [4.78, 5) is 22.6. The van der Waals surface area contributed by atoms with E-state index in [1.165, 1.54) is 24.3 Å². The number of carboxylic acid groups (broad SMARTS) is 1. The molecule has 2 rings (SSSR count). The first-order valence-corrected chi connectivity index (χ1v) is 5.96. The lowest BCUT2D eigenvalue weighted by molar-refractivity contribution is 0.0696. The van der Waals surface area contributed by atoms with Crippen molar-refractivity contribution in [3.8, 4) is 0 Å². The van der Waals surface area contributed by atoms with Gasteiger partial charge in [0, 0.05) is 11.6 Å². The molecule has 0 heterocycles. The van der Waals surface area contributed by atoms with Crippen LogP contribution in [0.3, 0.4) is 0 Å². The Bertz CT molecular complexity index is 476. The molecule has 1 unspecified atom stereocenters. The standard InChI is InChI=1S/C14H15NO3/c16-13(15-12-4-2-1-3-5-12)10-6-8-11(9-7-10)14(17)18/h1-2,6-9,12H,3-5H2,(H,15,16)(H,17,18). The van der Waals surface area contributed by atoms with Gasteiger partial charge in [-0.3, -0.25) is 4.79 Å². The third kappa shape index (κ3) is 2.97. The SMILES string of the molecule is O=C(O)c1ccc(C(=O)NC2CC=CCC2)cc1. The molecule has 4 heteroatoms. The summed E-state index contributed by atoms with van der Waals surface area (Å²) in [5.74, 6) is -1.13. The molecule has 4 nitrogen and oxygen atoms in total. The monoisotopic (exact) mass is 245 g/mol. The average Bonchev–Trinajstić information content (AvgIpc) is 2.40. The Morgan fingerprint density at radius 1 is 1.11 bits per heavy atom. The maximum atomic E-state index is 11.9. The third-order valence-electron chi connectivity index (χ3n) is 3.00. The average molecular weight is 245 g/mol. The Morgan fingerprint density at radius 2 is 1.78 bits per heavy atom. The second kappa shape index (κ2) is 5.49. The highest BCUT2D eigenvalue weighted by Gasteiger charge is 2.14. The highest BCUT2D eigenvalue weighted by atomic mass is 16.4. The summed E-state index contributed by atoms with van der Waals surface area (Å²) in [7, 11) is 0. The minimum absolute atomic E-state index is 0.146. The van der Waals surface area contributed by atoms with Gasteiger partial charge in [-0.15, -0.1) is 0 Å². The van der Waals surface area contributed by atoms with Crippen LogP contribution >= 0.6 is 0 Å². The first-order chi connectivity index (χ1) is 8.66. The van der Waals surface area contributed by atoms with E-state index in [1.54, 1.807) is 0 Å². The number of carboxylic acids is 1. The Morgan fingerprint density at radius 3 is 2.33 bits per heavy atom. The molecule has 1 aromatic carbocycles. The summed E-state index contributed by atoms with van der Waals surface area (Å²) >= 11 is 0. The number of benzene rings is 1. The summed E-state index contributed by atoms with van der Waals surface area (Å²) in [6, 6.07) is 6.15. The smallest absolute Gasteiger partial charge is 0.335 e. The number of carbonyl (C=O) groups excluding carboxylic acids is 1. The topological polar surface area (TPSA) is 66.4 Å². The first-order valence-electron chi connectivity index (χ1n) is 5.96. The fourth-order valence-corrected chi connectivity index (χ4v) is 1.96. The predicted octanol–water partition coefficient (Wildman–Crippen LogP) is 2.22. The van der Waals surface area contributed by atoms with Gasteiger partial charge >= 0.3 is 5.97 Å². The Balaban J connectivity index is 2.00. The number of allylic oxidation sites excluding steroid dienone is 1. The number of hydrogen-bond donors (Lipinski definition) is 2. The van der Waals surface area contributed by atoms with Crippen molar-refractivity contribution < 1.29 is 14.7 Å². The minimum Gasteiger partial charge on any atom is -0.478 e. The van der Waals surface area contributed by atoms with Gasteiger partial charge in [0.2, 0.25) is 0 Å². The third-order valence-corrected chi connectivity index (χ3v) is 3.00. The van der Waals surface area contributed by atoms with Gasteiger partial charge < -0.3 is 10.4 Å². The molecule has 0 saturated heterocycles. The molecule has 0 radical (unpaired) electrons. The van der Waals surface area contributed by atoms with E-state index in [4.69, 9.17) is 5.11 Å². The molecule has 0 saturated carbocycles. The highest BCUT2D eigenvalue weighted by Crippen LogP contribution is 2.12. The number of carbonyl (C=O) groups is 2. The number of hydrogen-bond acceptors (Lipinski definition) is 2. The maximum Gasteiger partial charge on any atom is 0.335 e. The fourth-order valence-electron chi connectivity index (χ4n) is 1.96. The van der Waals surface area contributed by atoms with Crippen LogP contribution < -0.4 is 5.32 Å². The van der Waals surface area contributed by atoms with Crippen LogP contribution in [-0.2, 0) is 0 Å². The minimum atomic E-state index is -0.987. The van der Waals surface area contributed by atoms with E-state index in [-0.39, 0.29) is 17.5 Å². The van der Waals surface area contributed by atoms with E-state index >= 15 is 0 Å². The van der Waals surface area contributed by atoms with Gasteiger partial charge in [0.25, 0.3) is 5.91 Å². The van der Waals surface area contributed by atoms with Crippen LogP contribution in [0.4, 0.5) is 0 Å². The molecule has 1 aromatic rings. The van der Waals surface area contributed by atoms with Gasteiger partial charge in [-0.1, -0.05) is 12.2 Å². The van der Waals surface area contributed by atoms with Crippen molar-refractivity contribution in [2.24, 2.45) is 0 Å². The van der Waals surface area contributed by atoms with E-state index in [1.807, 2.05) is 0 Å². The van der Waals surface area contributed by atoms with Gasteiger partial charge in [-0.25, -0.2) is 4.79 Å². The van der Waals surface area contributed by atoms with Gasteiger partial charge in [0.1, 0.15) is 0 Å². The Hall–Kier alpha value is -2.10. The van der Waals surface area contributed by atoms with Crippen LogP contribution in [0, 0.1) is 0 Å². The lowest BCUT2D eigenvalue weighted by atomic mass is 10.0. The summed E-state index contributed by atoms with van der Waals surface area (Å²) in [5, 5.41) is 11.7. The van der Waals surface area contributed by atoms with Crippen molar-refractivity contribution in [3.05, 3.63) is 47.5 Å². The molecule has 0 spiro atoms. The Labute approximate surface area is 105 Å². The lowest BCUT2D eigenvalue weighted by Gasteiger charge is -2.19. The van der Waals surface area contributed by atoms with Crippen molar-refractivity contribution in [3.63, 3.8) is 0 Å². The summed E-state index contributed by atoms with van der Waals surface area (Å²) < 4.78 is 0. The number of aromatic carboxylic acids is 1. The van der Waals surface area contributed by atoms with E-state index < -0.39 is 5.97 Å².